The lowest BCUT2D eigenvalue weighted by Gasteiger charge is -2.30. The van der Waals surface area contributed by atoms with E-state index in [2.05, 4.69) is 17.9 Å². The maximum absolute atomic E-state index is 8.95. The summed E-state index contributed by atoms with van der Waals surface area (Å²) < 4.78 is 5.24. The second kappa shape index (κ2) is 5.88. The fourth-order valence-electron chi connectivity index (χ4n) is 2.40. The summed E-state index contributed by atoms with van der Waals surface area (Å²) in [5.41, 5.74) is 1.83. The lowest BCUT2D eigenvalue weighted by molar-refractivity contribution is 0.185. The first-order valence-corrected chi connectivity index (χ1v) is 6.52. The van der Waals surface area contributed by atoms with Gasteiger partial charge in [0.15, 0.2) is 0 Å². The first kappa shape index (κ1) is 12.9. The predicted octanol–water partition coefficient (Wildman–Crippen LogP) is 2.80. The summed E-state index contributed by atoms with van der Waals surface area (Å²) in [7, 11) is 1.61. The molecule has 1 heterocycles. The van der Waals surface area contributed by atoms with E-state index in [9.17, 15) is 0 Å². The molecule has 96 valence electrons. The van der Waals surface area contributed by atoms with E-state index in [1.807, 2.05) is 18.2 Å². The van der Waals surface area contributed by atoms with E-state index < -0.39 is 0 Å². The van der Waals surface area contributed by atoms with Gasteiger partial charge in [0.2, 0.25) is 0 Å². The van der Waals surface area contributed by atoms with E-state index in [1.54, 1.807) is 7.11 Å². The quantitative estimate of drug-likeness (QED) is 0.820. The molecule has 1 fully saturated rings. The summed E-state index contributed by atoms with van der Waals surface area (Å²) in [6, 6.07) is 8.00. The van der Waals surface area contributed by atoms with Crippen LogP contribution in [0.15, 0.2) is 18.2 Å². The molecule has 3 nitrogen and oxygen atoms in total. The van der Waals surface area contributed by atoms with E-state index >= 15 is 0 Å². The third kappa shape index (κ3) is 3.02. The molecular weight excluding hydrogens is 224 g/mol. The highest BCUT2D eigenvalue weighted by Crippen LogP contribution is 2.22. The number of hydrogen-bond donors (Lipinski definition) is 0. The molecule has 1 saturated heterocycles. The van der Waals surface area contributed by atoms with E-state index in [-0.39, 0.29) is 0 Å². The Morgan fingerprint density at radius 2 is 2.11 bits per heavy atom. The minimum absolute atomic E-state index is 0.605. The van der Waals surface area contributed by atoms with Crippen LogP contribution in [0.25, 0.3) is 0 Å². The highest BCUT2D eigenvalue weighted by molar-refractivity contribution is 5.45. The Bertz CT molecular complexity index is 442. The van der Waals surface area contributed by atoms with Gasteiger partial charge in [-0.05, 0) is 49.5 Å². The molecule has 0 spiro atoms. The molecule has 0 unspecified atom stereocenters. The summed E-state index contributed by atoms with van der Waals surface area (Å²) in [4.78, 5) is 2.47. The molecule has 0 aromatic heterocycles. The minimum Gasteiger partial charge on any atom is -0.495 e. The van der Waals surface area contributed by atoms with Crippen molar-refractivity contribution in [3.05, 3.63) is 29.3 Å². The van der Waals surface area contributed by atoms with Gasteiger partial charge in [-0.25, -0.2) is 0 Å². The van der Waals surface area contributed by atoms with Crippen LogP contribution in [-0.2, 0) is 6.54 Å². The number of likely N-dealkylation sites (tertiary alicyclic amines) is 1. The second-order valence-electron chi connectivity index (χ2n) is 5.11. The number of ether oxygens (including phenoxy) is 1. The smallest absolute Gasteiger partial charge is 0.136 e. The molecule has 1 aliphatic heterocycles. The highest BCUT2D eigenvalue weighted by atomic mass is 16.5. The van der Waals surface area contributed by atoms with Gasteiger partial charge in [-0.2, -0.15) is 5.26 Å². The highest BCUT2D eigenvalue weighted by Gasteiger charge is 2.16. The van der Waals surface area contributed by atoms with Crippen molar-refractivity contribution in [2.45, 2.75) is 26.3 Å². The molecule has 1 aromatic carbocycles. The zero-order chi connectivity index (χ0) is 13.0. The number of methoxy groups -OCH3 is 1. The van der Waals surface area contributed by atoms with Crippen LogP contribution in [0.1, 0.15) is 30.9 Å². The molecule has 0 radical (unpaired) electrons. The van der Waals surface area contributed by atoms with Crippen LogP contribution in [0.4, 0.5) is 0 Å². The molecule has 0 amide bonds. The van der Waals surface area contributed by atoms with E-state index in [1.165, 1.54) is 31.5 Å². The van der Waals surface area contributed by atoms with Gasteiger partial charge < -0.3 is 4.74 Å². The monoisotopic (exact) mass is 244 g/mol. The van der Waals surface area contributed by atoms with E-state index in [0.717, 1.165) is 12.5 Å². The van der Waals surface area contributed by atoms with Crippen LogP contribution in [0.3, 0.4) is 0 Å². The Kier molecular flexibility index (Phi) is 4.22. The number of nitriles is 1. The fourth-order valence-corrected chi connectivity index (χ4v) is 2.40. The van der Waals surface area contributed by atoms with Crippen molar-refractivity contribution in [3.8, 4) is 11.8 Å². The van der Waals surface area contributed by atoms with Gasteiger partial charge in [0.25, 0.3) is 0 Å². The van der Waals surface area contributed by atoms with Crippen LogP contribution < -0.4 is 4.74 Å². The first-order valence-electron chi connectivity index (χ1n) is 6.52. The van der Waals surface area contributed by atoms with Gasteiger partial charge in [0.05, 0.1) is 12.7 Å². The predicted molar refractivity (Wildman–Crippen MR) is 71.4 cm³/mol. The van der Waals surface area contributed by atoms with Crippen molar-refractivity contribution in [3.63, 3.8) is 0 Å². The van der Waals surface area contributed by atoms with E-state index in [0.29, 0.717) is 11.3 Å². The third-order valence-electron chi connectivity index (χ3n) is 3.67. The molecule has 0 bridgehead atoms. The van der Waals surface area contributed by atoms with Crippen molar-refractivity contribution in [1.29, 1.82) is 5.26 Å². The SMILES string of the molecule is COc1cc(CN2CCC(C)CC2)ccc1C#N. The topological polar surface area (TPSA) is 36.3 Å². The summed E-state index contributed by atoms with van der Waals surface area (Å²) >= 11 is 0. The summed E-state index contributed by atoms with van der Waals surface area (Å²) in [5.74, 6) is 1.54. The van der Waals surface area contributed by atoms with Crippen molar-refractivity contribution in [2.24, 2.45) is 5.92 Å². The van der Waals surface area contributed by atoms with Gasteiger partial charge in [-0.3, -0.25) is 4.90 Å². The Morgan fingerprint density at radius 1 is 1.39 bits per heavy atom. The molecule has 18 heavy (non-hydrogen) atoms. The van der Waals surface area contributed by atoms with Gasteiger partial charge >= 0.3 is 0 Å². The average molecular weight is 244 g/mol. The molecule has 0 aliphatic carbocycles. The lowest BCUT2D eigenvalue weighted by atomic mass is 9.99. The number of piperidine rings is 1. The Hall–Kier alpha value is -1.53. The lowest BCUT2D eigenvalue weighted by Crippen LogP contribution is -2.32. The van der Waals surface area contributed by atoms with Gasteiger partial charge in [0.1, 0.15) is 11.8 Å². The second-order valence-corrected chi connectivity index (χ2v) is 5.11. The molecule has 0 N–H and O–H groups in total. The molecular formula is C15H20N2O. The zero-order valence-corrected chi connectivity index (χ0v) is 11.1. The van der Waals surface area contributed by atoms with Crippen molar-refractivity contribution >= 4 is 0 Å². The zero-order valence-electron chi connectivity index (χ0n) is 11.1. The molecule has 2 rings (SSSR count). The Labute approximate surface area is 109 Å². The van der Waals surface area contributed by atoms with Crippen LogP contribution in [0.2, 0.25) is 0 Å². The van der Waals surface area contributed by atoms with Gasteiger partial charge in [-0.15, -0.1) is 0 Å². The number of nitrogens with zero attached hydrogens (tertiary/aromatic N) is 2. The van der Waals surface area contributed by atoms with Crippen molar-refractivity contribution in [2.75, 3.05) is 20.2 Å². The number of hydrogen-bond acceptors (Lipinski definition) is 3. The van der Waals surface area contributed by atoms with Crippen LogP contribution in [0.5, 0.6) is 5.75 Å². The van der Waals surface area contributed by atoms with Crippen LogP contribution in [0, 0.1) is 17.2 Å². The largest absolute Gasteiger partial charge is 0.495 e. The third-order valence-corrected chi connectivity index (χ3v) is 3.67. The molecule has 0 saturated carbocycles. The number of benzene rings is 1. The molecule has 3 heteroatoms. The summed E-state index contributed by atoms with van der Waals surface area (Å²) in [5, 5.41) is 8.95. The summed E-state index contributed by atoms with van der Waals surface area (Å²) in [6.45, 7) is 5.61. The summed E-state index contributed by atoms with van der Waals surface area (Å²) in [6.07, 6.45) is 2.57. The number of rotatable bonds is 3. The minimum atomic E-state index is 0.605. The van der Waals surface area contributed by atoms with Gasteiger partial charge in [0, 0.05) is 6.54 Å². The maximum atomic E-state index is 8.95. The normalized spacial score (nSPS) is 17.4. The fraction of sp³-hybridized carbons (Fsp3) is 0.533. The maximum Gasteiger partial charge on any atom is 0.136 e. The Balaban J connectivity index is 2.04. The standard InChI is InChI=1S/C15H20N2O/c1-12-5-7-17(8-6-12)11-13-3-4-14(10-16)15(9-13)18-2/h3-4,9,12H,5-8,11H2,1-2H3. The van der Waals surface area contributed by atoms with Crippen LogP contribution in [-0.4, -0.2) is 25.1 Å². The first-order chi connectivity index (χ1) is 8.72. The Morgan fingerprint density at radius 3 is 2.72 bits per heavy atom. The van der Waals surface area contributed by atoms with Crippen molar-refractivity contribution < 1.29 is 4.74 Å². The molecule has 1 aromatic rings. The van der Waals surface area contributed by atoms with E-state index in [4.69, 9.17) is 10.00 Å². The molecule has 1 aliphatic rings. The molecule has 0 atom stereocenters. The van der Waals surface area contributed by atoms with Crippen molar-refractivity contribution in [1.82, 2.24) is 4.90 Å². The van der Waals surface area contributed by atoms with Crippen LogP contribution >= 0.6 is 0 Å². The average Bonchev–Trinajstić information content (AvgIpc) is 2.41. The van der Waals surface area contributed by atoms with Gasteiger partial charge in [-0.1, -0.05) is 13.0 Å².